The Labute approximate surface area is 91.5 Å². The molecule has 0 aliphatic rings. The van der Waals surface area contributed by atoms with Gasteiger partial charge in [-0.1, -0.05) is 23.2 Å². The Morgan fingerprint density at radius 2 is 2.00 bits per heavy atom. The van der Waals surface area contributed by atoms with Gasteiger partial charge in [0.2, 0.25) is 0 Å². The Morgan fingerprint density at radius 3 is 2.46 bits per heavy atom. The minimum Gasteiger partial charge on any atom is -0.495 e. The molecule has 0 heterocycles. The first-order valence-electron chi connectivity index (χ1n) is 3.49. The van der Waals surface area contributed by atoms with Crippen molar-refractivity contribution >= 4 is 34.8 Å². The number of rotatable bonds is 2. The largest absolute Gasteiger partial charge is 0.495 e. The fourth-order valence-corrected chi connectivity index (χ4v) is 1.75. The van der Waals surface area contributed by atoms with Gasteiger partial charge in [0.05, 0.1) is 12.1 Å². The zero-order valence-electron chi connectivity index (χ0n) is 6.85. The summed E-state index contributed by atoms with van der Waals surface area (Å²) < 4.78 is 5.04. The molecule has 2 nitrogen and oxygen atoms in total. The molecule has 0 saturated carbocycles. The second-order valence-corrected chi connectivity index (χ2v) is 3.73. The van der Waals surface area contributed by atoms with Crippen LogP contribution in [0, 0.1) is 0 Å². The first-order chi connectivity index (χ1) is 6.06. The summed E-state index contributed by atoms with van der Waals surface area (Å²) in [6.07, 6.45) is 0. The first kappa shape index (κ1) is 10.9. The van der Waals surface area contributed by atoms with Crippen LogP contribution in [0.2, 0.25) is 10.0 Å². The Balaban J connectivity index is 3.29. The van der Waals surface area contributed by atoms with Crippen LogP contribution in [0.3, 0.4) is 0 Å². The standard InChI is InChI=1S/C8H8Cl3NO/c1-13-7-5(8(11)12)2-4(9)3-6(7)10/h2-3,8H,12H2,1H3. The van der Waals surface area contributed by atoms with E-state index in [1.54, 1.807) is 12.1 Å². The molecule has 0 aliphatic carbocycles. The molecule has 0 spiro atoms. The molecule has 1 aromatic carbocycles. The molecule has 1 aromatic rings. The van der Waals surface area contributed by atoms with Gasteiger partial charge in [-0.2, -0.15) is 0 Å². The van der Waals surface area contributed by atoms with Crippen molar-refractivity contribution in [3.8, 4) is 5.75 Å². The van der Waals surface area contributed by atoms with E-state index in [4.69, 9.17) is 45.3 Å². The third-order valence-corrected chi connectivity index (χ3v) is 2.27. The van der Waals surface area contributed by atoms with Gasteiger partial charge in [0.1, 0.15) is 11.3 Å². The molecule has 0 radical (unpaired) electrons. The van der Waals surface area contributed by atoms with E-state index in [-0.39, 0.29) is 0 Å². The number of hydrogen-bond donors (Lipinski definition) is 1. The van der Waals surface area contributed by atoms with Crippen LogP contribution >= 0.6 is 34.8 Å². The number of ether oxygens (including phenoxy) is 1. The van der Waals surface area contributed by atoms with E-state index >= 15 is 0 Å². The molecule has 0 saturated heterocycles. The summed E-state index contributed by atoms with van der Waals surface area (Å²) in [7, 11) is 1.50. The van der Waals surface area contributed by atoms with Crippen molar-refractivity contribution in [2.24, 2.45) is 5.73 Å². The van der Waals surface area contributed by atoms with E-state index in [1.165, 1.54) is 7.11 Å². The summed E-state index contributed by atoms with van der Waals surface area (Å²) in [6, 6.07) is 3.20. The van der Waals surface area contributed by atoms with E-state index in [2.05, 4.69) is 0 Å². The van der Waals surface area contributed by atoms with Gasteiger partial charge >= 0.3 is 0 Å². The van der Waals surface area contributed by atoms with E-state index < -0.39 is 5.50 Å². The second-order valence-electron chi connectivity index (χ2n) is 2.41. The molecule has 1 rings (SSSR count). The van der Waals surface area contributed by atoms with Gasteiger partial charge in [0.15, 0.2) is 0 Å². The summed E-state index contributed by atoms with van der Waals surface area (Å²) in [5.41, 5.74) is 5.41. The van der Waals surface area contributed by atoms with E-state index in [0.29, 0.717) is 21.4 Å². The molecule has 5 heteroatoms. The van der Waals surface area contributed by atoms with Crippen molar-refractivity contribution in [1.82, 2.24) is 0 Å². The van der Waals surface area contributed by atoms with E-state index in [9.17, 15) is 0 Å². The van der Waals surface area contributed by atoms with Gasteiger partial charge in [-0.15, -0.1) is 11.6 Å². The second kappa shape index (κ2) is 4.38. The molecule has 0 fully saturated rings. The maximum Gasteiger partial charge on any atom is 0.143 e. The van der Waals surface area contributed by atoms with Gasteiger partial charge in [-0.05, 0) is 12.1 Å². The third kappa shape index (κ3) is 2.41. The number of methoxy groups -OCH3 is 1. The molecule has 13 heavy (non-hydrogen) atoms. The monoisotopic (exact) mass is 239 g/mol. The van der Waals surface area contributed by atoms with Gasteiger partial charge in [-0.3, -0.25) is 0 Å². The topological polar surface area (TPSA) is 35.2 Å². The highest BCUT2D eigenvalue weighted by molar-refractivity contribution is 6.36. The lowest BCUT2D eigenvalue weighted by molar-refractivity contribution is 0.409. The predicted octanol–water partition coefficient (Wildman–Crippen LogP) is 3.20. The number of alkyl halides is 1. The summed E-state index contributed by atoms with van der Waals surface area (Å²) in [6.45, 7) is 0. The number of hydrogen-bond acceptors (Lipinski definition) is 2. The van der Waals surface area contributed by atoms with Gasteiger partial charge in [-0.25, -0.2) is 0 Å². The first-order valence-corrected chi connectivity index (χ1v) is 4.68. The molecule has 0 amide bonds. The van der Waals surface area contributed by atoms with Crippen LogP contribution in [0.25, 0.3) is 0 Å². The highest BCUT2D eigenvalue weighted by atomic mass is 35.5. The lowest BCUT2D eigenvalue weighted by Gasteiger charge is -2.12. The Morgan fingerprint density at radius 1 is 1.38 bits per heavy atom. The predicted molar refractivity (Wildman–Crippen MR) is 55.8 cm³/mol. The van der Waals surface area contributed by atoms with Gasteiger partial charge in [0, 0.05) is 10.6 Å². The number of nitrogens with two attached hydrogens (primary N) is 1. The maximum atomic E-state index is 5.86. The Hall–Kier alpha value is -0.150. The van der Waals surface area contributed by atoms with Crippen LogP contribution in [0.15, 0.2) is 12.1 Å². The molecule has 0 aliphatic heterocycles. The molecular formula is C8H8Cl3NO. The highest BCUT2D eigenvalue weighted by Gasteiger charge is 2.13. The van der Waals surface area contributed by atoms with Crippen molar-refractivity contribution in [3.05, 3.63) is 27.7 Å². The fourth-order valence-electron chi connectivity index (χ4n) is 1.00. The Kier molecular flexibility index (Phi) is 3.68. The number of halogens is 3. The van der Waals surface area contributed by atoms with Crippen LogP contribution < -0.4 is 10.5 Å². The molecule has 1 unspecified atom stereocenters. The normalized spacial score (nSPS) is 12.7. The van der Waals surface area contributed by atoms with Crippen molar-refractivity contribution in [3.63, 3.8) is 0 Å². The molecule has 2 N–H and O–H groups in total. The number of benzene rings is 1. The maximum absolute atomic E-state index is 5.86. The molecule has 0 bridgehead atoms. The highest BCUT2D eigenvalue weighted by Crippen LogP contribution is 2.35. The van der Waals surface area contributed by atoms with Crippen LogP contribution in [0.4, 0.5) is 0 Å². The summed E-state index contributed by atoms with van der Waals surface area (Å²) in [5.74, 6) is 0.466. The summed E-state index contributed by atoms with van der Waals surface area (Å²) >= 11 is 17.3. The average molecular weight is 241 g/mol. The van der Waals surface area contributed by atoms with Crippen LogP contribution in [-0.2, 0) is 0 Å². The Bertz CT molecular complexity index is 315. The van der Waals surface area contributed by atoms with E-state index in [0.717, 1.165) is 0 Å². The average Bonchev–Trinajstić information content (AvgIpc) is 2.02. The smallest absolute Gasteiger partial charge is 0.143 e. The third-order valence-electron chi connectivity index (χ3n) is 1.54. The quantitative estimate of drug-likeness (QED) is 0.636. The SMILES string of the molecule is COc1c(Cl)cc(Cl)cc1C(N)Cl. The van der Waals surface area contributed by atoms with Crippen LogP contribution in [0.1, 0.15) is 11.1 Å². The minimum absolute atomic E-state index is 0.404. The van der Waals surface area contributed by atoms with Crippen LogP contribution in [-0.4, -0.2) is 7.11 Å². The summed E-state index contributed by atoms with van der Waals surface area (Å²) in [5, 5.41) is 0.887. The van der Waals surface area contributed by atoms with Crippen molar-refractivity contribution in [1.29, 1.82) is 0 Å². The van der Waals surface area contributed by atoms with Crippen molar-refractivity contribution in [2.75, 3.05) is 7.11 Å². The van der Waals surface area contributed by atoms with E-state index in [1.807, 2.05) is 0 Å². The molecule has 1 atom stereocenters. The summed E-state index contributed by atoms with van der Waals surface area (Å²) in [4.78, 5) is 0. The lowest BCUT2D eigenvalue weighted by atomic mass is 10.2. The van der Waals surface area contributed by atoms with Gasteiger partial charge in [0.25, 0.3) is 0 Å². The molecule has 0 aromatic heterocycles. The minimum atomic E-state index is -0.675. The van der Waals surface area contributed by atoms with Crippen molar-refractivity contribution < 1.29 is 4.74 Å². The molecule has 72 valence electrons. The lowest BCUT2D eigenvalue weighted by Crippen LogP contribution is -2.04. The van der Waals surface area contributed by atoms with Gasteiger partial charge < -0.3 is 10.5 Å². The van der Waals surface area contributed by atoms with Crippen LogP contribution in [0.5, 0.6) is 5.75 Å². The van der Waals surface area contributed by atoms with Crippen molar-refractivity contribution in [2.45, 2.75) is 5.50 Å². The zero-order chi connectivity index (χ0) is 10.0. The fraction of sp³-hybridized carbons (Fsp3) is 0.250. The molecular weight excluding hydrogens is 232 g/mol. The zero-order valence-corrected chi connectivity index (χ0v) is 9.12.